The van der Waals surface area contributed by atoms with Crippen LogP contribution in [0.25, 0.3) is 0 Å². The van der Waals surface area contributed by atoms with E-state index in [0.717, 1.165) is 12.1 Å². The molecule has 8 heteroatoms. The summed E-state index contributed by atoms with van der Waals surface area (Å²) in [4.78, 5) is 23.9. The molecule has 1 N–H and O–H groups in total. The number of rotatable bonds is 3. The molecular formula is C12H10F4N2O2. The van der Waals surface area contributed by atoms with E-state index in [1.165, 1.54) is 12.1 Å². The molecule has 1 heterocycles. The zero-order valence-electron chi connectivity index (χ0n) is 10.1. The van der Waals surface area contributed by atoms with Crippen molar-refractivity contribution in [2.45, 2.75) is 25.2 Å². The first-order valence-corrected chi connectivity index (χ1v) is 5.69. The Morgan fingerprint density at radius 3 is 2.30 bits per heavy atom. The van der Waals surface area contributed by atoms with E-state index in [1.54, 1.807) is 0 Å². The van der Waals surface area contributed by atoms with Crippen molar-refractivity contribution >= 4 is 11.9 Å². The number of halogens is 4. The number of urea groups is 1. The van der Waals surface area contributed by atoms with Crippen LogP contribution in [0.5, 0.6) is 0 Å². The van der Waals surface area contributed by atoms with Gasteiger partial charge >= 0.3 is 12.2 Å². The monoisotopic (exact) mass is 290 g/mol. The van der Waals surface area contributed by atoms with Gasteiger partial charge in [0, 0.05) is 0 Å². The van der Waals surface area contributed by atoms with E-state index in [1.807, 2.05) is 5.32 Å². The smallest absolute Gasteiger partial charge is 0.325 e. The average Bonchev–Trinajstić information content (AvgIpc) is 2.57. The van der Waals surface area contributed by atoms with Crippen molar-refractivity contribution in [3.05, 3.63) is 35.6 Å². The molecule has 1 unspecified atom stereocenters. The van der Waals surface area contributed by atoms with Gasteiger partial charge < -0.3 is 5.32 Å². The van der Waals surface area contributed by atoms with Gasteiger partial charge in [0.2, 0.25) is 0 Å². The highest BCUT2D eigenvalue weighted by Crippen LogP contribution is 2.25. The van der Waals surface area contributed by atoms with Gasteiger partial charge in [0.25, 0.3) is 5.91 Å². The second-order valence-corrected chi connectivity index (χ2v) is 4.37. The normalized spacial score (nSPS) is 19.4. The first kappa shape index (κ1) is 14.3. The molecule has 0 bridgehead atoms. The van der Waals surface area contributed by atoms with Crippen LogP contribution < -0.4 is 5.32 Å². The Labute approximate surface area is 111 Å². The maximum absolute atomic E-state index is 12.7. The fourth-order valence-corrected chi connectivity index (χ4v) is 1.87. The summed E-state index contributed by atoms with van der Waals surface area (Å²) in [6, 6.07) is 2.51. The topological polar surface area (TPSA) is 49.4 Å². The van der Waals surface area contributed by atoms with Crippen LogP contribution in [0.15, 0.2) is 24.3 Å². The molecule has 0 aromatic heterocycles. The summed E-state index contributed by atoms with van der Waals surface area (Å²) < 4.78 is 49.4. The van der Waals surface area contributed by atoms with Crippen molar-refractivity contribution in [3.63, 3.8) is 0 Å². The number of hydrogen-bond acceptors (Lipinski definition) is 2. The Bertz CT molecular complexity index is 527. The molecule has 20 heavy (non-hydrogen) atoms. The summed E-state index contributed by atoms with van der Waals surface area (Å²) >= 11 is 0. The maximum Gasteiger partial charge on any atom is 0.391 e. The molecule has 0 spiro atoms. The van der Waals surface area contributed by atoms with Crippen LogP contribution in [-0.2, 0) is 11.3 Å². The van der Waals surface area contributed by atoms with E-state index in [2.05, 4.69) is 0 Å². The number of carbonyl (C=O) groups is 2. The van der Waals surface area contributed by atoms with Crippen LogP contribution in [0.2, 0.25) is 0 Å². The number of hydrogen-bond donors (Lipinski definition) is 1. The lowest BCUT2D eigenvalue weighted by molar-refractivity contribution is -0.149. The highest BCUT2D eigenvalue weighted by Gasteiger charge is 2.44. The highest BCUT2D eigenvalue weighted by atomic mass is 19.4. The van der Waals surface area contributed by atoms with E-state index in [9.17, 15) is 27.2 Å². The van der Waals surface area contributed by atoms with Crippen molar-refractivity contribution in [2.24, 2.45) is 0 Å². The average molecular weight is 290 g/mol. The quantitative estimate of drug-likeness (QED) is 0.685. The lowest BCUT2D eigenvalue weighted by atomic mass is 10.2. The molecule has 1 atom stereocenters. The molecule has 4 nitrogen and oxygen atoms in total. The summed E-state index contributed by atoms with van der Waals surface area (Å²) in [5.41, 5.74) is 0.447. The van der Waals surface area contributed by atoms with Crippen molar-refractivity contribution in [1.29, 1.82) is 0 Å². The van der Waals surface area contributed by atoms with Gasteiger partial charge in [0.1, 0.15) is 11.9 Å². The van der Waals surface area contributed by atoms with Gasteiger partial charge in [-0.15, -0.1) is 0 Å². The summed E-state index contributed by atoms with van der Waals surface area (Å²) in [5, 5.41) is 1.99. The van der Waals surface area contributed by atoms with E-state index >= 15 is 0 Å². The maximum atomic E-state index is 12.7. The number of carbonyl (C=O) groups excluding carboxylic acids is 2. The number of benzene rings is 1. The minimum Gasteiger partial charge on any atom is -0.325 e. The number of amides is 3. The SMILES string of the molecule is O=C1NC(CC(F)(F)F)C(=O)N1Cc1ccc(F)cc1. The molecule has 1 saturated heterocycles. The Morgan fingerprint density at radius 2 is 1.75 bits per heavy atom. The summed E-state index contributed by atoms with van der Waals surface area (Å²) in [6.07, 6.45) is -5.95. The first-order valence-electron chi connectivity index (χ1n) is 5.69. The Hall–Kier alpha value is -2.12. The van der Waals surface area contributed by atoms with Gasteiger partial charge in [-0.2, -0.15) is 13.2 Å². The van der Waals surface area contributed by atoms with Gasteiger partial charge in [0.15, 0.2) is 0 Å². The number of imide groups is 1. The standard InChI is InChI=1S/C12H10F4N2O2/c13-8-3-1-7(2-4-8)6-18-10(19)9(17-11(18)20)5-12(14,15)16/h1-4,9H,5-6H2,(H,17,20). The van der Waals surface area contributed by atoms with Gasteiger partial charge in [-0.1, -0.05) is 12.1 Å². The minimum absolute atomic E-state index is 0.195. The predicted octanol–water partition coefficient (Wildman–Crippen LogP) is 2.20. The first-order chi connectivity index (χ1) is 9.26. The molecule has 1 aliphatic rings. The minimum atomic E-state index is -4.54. The number of alkyl halides is 3. The van der Waals surface area contributed by atoms with Gasteiger partial charge in [-0.3, -0.25) is 9.69 Å². The Kier molecular flexibility index (Phi) is 3.65. The third kappa shape index (κ3) is 3.25. The van der Waals surface area contributed by atoms with Crippen molar-refractivity contribution in [2.75, 3.05) is 0 Å². The van der Waals surface area contributed by atoms with Gasteiger partial charge in [-0.25, -0.2) is 9.18 Å². The Morgan fingerprint density at radius 1 is 1.15 bits per heavy atom. The molecule has 1 fully saturated rings. The van der Waals surface area contributed by atoms with E-state index in [4.69, 9.17) is 0 Å². The third-order valence-corrected chi connectivity index (χ3v) is 2.80. The molecule has 0 radical (unpaired) electrons. The fraction of sp³-hybridized carbons (Fsp3) is 0.333. The second-order valence-electron chi connectivity index (χ2n) is 4.37. The van der Waals surface area contributed by atoms with E-state index in [-0.39, 0.29) is 6.54 Å². The molecular weight excluding hydrogens is 280 g/mol. The van der Waals surface area contributed by atoms with Crippen LogP contribution in [-0.4, -0.2) is 29.1 Å². The van der Waals surface area contributed by atoms with Crippen molar-refractivity contribution in [3.8, 4) is 0 Å². The molecule has 1 aromatic carbocycles. The van der Waals surface area contributed by atoms with Crippen LogP contribution in [0.4, 0.5) is 22.4 Å². The van der Waals surface area contributed by atoms with Crippen molar-refractivity contribution in [1.82, 2.24) is 10.2 Å². The lowest BCUT2D eigenvalue weighted by Gasteiger charge is -2.13. The summed E-state index contributed by atoms with van der Waals surface area (Å²) in [7, 11) is 0. The summed E-state index contributed by atoms with van der Waals surface area (Å²) in [6.45, 7) is -0.195. The largest absolute Gasteiger partial charge is 0.391 e. The Balaban J connectivity index is 2.07. The third-order valence-electron chi connectivity index (χ3n) is 2.80. The molecule has 0 saturated carbocycles. The molecule has 2 rings (SSSR count). The molecule has 1 aromatic rings. The van der Waals surface area contributed by atoms with Crippen LogP contribution >= 0.6 is 0 Å². The van der Waals surface area contributed by atoms with Gasteiger partial charge in [-0.05, 0) is 17.7 Å². The van der Waals surface area contributed by atoms with Gasteiger partial charge in [0.05, 0.1) is 13.0 Å². The molecule has 3 amide bonds. The van der Waals surface area contributed by atoms with E-state index in [0.29, 0.717) is 10.5 Å². The second kappa shape index (κ2) is 5.10. The number of nitrogens with zero attached hydrogens (tertiary/aromatic N) is 1. The molecule has 108 valence electrons. The zero-order valence-corrected chi connectivity index (χ0v) is 10.1. The molecule has 1 aliphatic heterocycles. The molecule has 0 aliphatic carbocycles. The number of nitrogens with one attached hydrogen (secondary N) is 1. The van der Waals surface area contributed by atoms with Crippen molar-refractivity contribution < 1.29 is 27.2 Å². The zero-order chi connectivity index (χ0) is 14.9. The van der Waals surface area contributed by atoms with E-state index < -0.39 is 36.4 Å². The lowest BCUT2D eigenvalue weighted by Crippen LogP contribution is -2.34. The van der Waals surface area contributed by atoms with Crippen LogP contribution in [0.1, 0.15) is 12.0 Å². The van der Waals surface area contributed by atoms with Crippen LogP contribution in [0, 0.1) is 5.82 Å². The predicted molar refractivity (Wildman–Crippen MR) is 59.9 cm³/mol. The highest BCUT2D eigenvalue weighted by molar-refractivity contribution is 6.04. The summed E-state index contributed by atoms with van der Waals surface area (Å²) in [5.74, 6) is -1.42. The fourth-order valence-electron chi connectivity index (χ4n) is 1.87. The van der Waals surface area contributed by atoms with Crippen LogP contribution in [0.3, 0.4) is 0 Å².